The lowest BCUT2D eigenvalue weighted by molar-refractivity contribution is 0.809. The fraction of sp³-hybridized carbons (Fsp3) is 0.250. The minimum absolute atomic E-state index is 0.0244. The van der Waals surface area contributed by atoms with Crippen molar-refractivity contribution in [1.29, 1.82) is 0 Å². The van der Waals surface area contributed by atoms with Gasteiger partial charge in [-0.15, -0.1) is 0 Å². The maximum absolute atomic E-state index is 5.24. The molecule has 0 amide bonds. The van der Waals surface area contributed by atoms with Crippen LogP contribution in [-0.4, -0.2) is 10.9 Å². The van der Waals surface area contributed by atoms with E-state index in [0.717, 1.165) is 5.56 Å². The molecule has 0 radical (unpaired) electrons. The lowest BCUT2D eigenvalue weighted by atomic mass is 10.1. The fourth-order valence-electron chi connectivity index (χ4n) is 0.921. The summed E-state index contributed by atoms with van der Waals surface area (Å²) in [5.41, 5.74) is 11.5. The van der Waals surface area contributed by atoms with E-state index in [-0.39, 0.29) is 12.0 Å². The second-order valence-electron chi connectivity index (χ2n) is 2.52. The van der Waals surface area contributed by atoms with Crippen molar-refractivity contribution in [1.82, 2.24) is 4.98 Å². The first-order valence-electron chi connectivity index (χ1n) is 3.69. The number of aliphatic imine (C=N–C) groups is 1. The molecule has 64 valence electrons. The Morgan fingerprint density at radius 2 is 2.33 bits per heavy atom. The van der Waals surface area contributed by atoms with Gasteiger partial charge in [0.25, 0.3) is 0 Å². The number of pyridine rings is 1. The predicted molar refractivity (Wildman–Crippen MR) is 48.5 cm³/mol. The highest BCUT2D eigenvalue weighted by atomic mass is 15.0. The molecular formula is C8H12N4. The van der Waals surface area contributed by atoms with E-state index in [9.17, 15) is 0 Å². The molecule has 1 rings (SSSR count). The zero-order valence-electron chi connectivity index (χ0n) is 6.94. The summed E-state index contributed by atoms with van der Waals surface area (Å²) in [6, 6.07) is 3.77. The highest BCUT2D eigenvalue weighted by molar-refractivity contribution is 5.75. The van der Waals surface area contributed by atoms with E-state index in [1.54, 1.807) is 12.4 Å². The van der Waals surface area contributed by atoms with Crippen molar-refractivity contribution < 1.29 is 0 Å². The smallest absolute Gasteiger partial charge is 0.186 e. The van der Waals surface area contributed by atoms with Crippen LogP contribution < -0.4 is 11.5 Å². The van der Waals surface area contributed by atoms with E-state index in [1.807, 2.05) is 19.1 Å². The number of guanidine groups is 1. The molecule has 1 aromatic heterocycles. The predicted octanol–water partition coefficient (Wildman–Crippen LogP) is 0.416. The Kier molecular flexibility index (Phi) is 2.63. The standard InChI is InChI=1S/C8H12N4/c1-6(12-8(9)10)7-3-2-4-11-5-7/h2-6H,1H3,(H4,9,10,12)/t6-/m0/s1. The molecule has 4 N–H and O–H groups in total. The molecule has 1 heterocycles. The second kappa shape index (κ2) is 3.71. The molecule has 0 spiro atoms. The summed E-state index contributed by atoms with van der Waals surface area (Å²) in [6.07, 6.45) is 3.46. The maximum Gasteiger partial charge on any atom is 0.186 e. The highest BCUT2D eigenvalue weighted by Gasteiger charge is 2.01. The lowest BCUT2D eigenvalue weighted by Crippen LogP contribution is -2.23. The molecule has 0 saturated carbocycles. The summed E-state index contributed by atoms with van der Waals surface area (Å²) in [5.74, 6) is 0.103. The van der Waals surface area contributed by atoms with Crippen molar-refractivity contribution >= 4 is 5.96 Å². The Balaban J connectivity index is 2.79. The summed E-state index contributed by atoms with van der Waals surface area (Å²) in [7, 11) is 0. The molecule has 4 heteroatoms. The minimum Gasteiger partial charge on any atom is -0.370 e. The molecule has 0 unspecified atom stereocenters. The van der Waals surface area contributed by atoms with Crippen LogP contribution in [0.4, 0.5) is 0 Å². The van der Waals surface area contributed by atoms with Crippen molar-refractivity contribution in [3.8, 4) is 0 Å². The first kappa shape index (κ1) is 8.52. The van der Waals surface area contributed by atoms with Crippen molar-refractivity contribution in [3.63, 3.8) is 0 Å². The van der Waals surface area contributed by atoms with E-state index in [4.69, 9.17) is 11.5 Å². The maximum atomic E-state index is 5.24. The number of nitrogens with two attached hydrogens (primary N) is 2. The van der Waals surface area contributed by atoms with Crippen LogP contribution in [0.5, 0.6) is 0 Å². The largest absolute Gasteiger partial charge is 0.370 e. The quantitative estimate of drug-likeness (QED) is 0.491. The Morgan fingerprint density at radius 1 is 1.58 bits per heavy atom. The normalized spacial score (nSPS) is 12.1. The summed E-state index contributed by atoms with van der Waals surface area (Å²) in [6.45, 7) is 1.91. The Bertz CT molecular complexity index is 264. The van der Waals surface area contributed by atoms with Crippen LogP contribution in [0, 0.1) is 0 Å². The molecule has 12 heavy (non-hydrogen) atoms. The number of hydrogen-bond donors (Lipinski definition) is 2. The third-order valence-electron chi connectivity index (χ3n) is 1.51. The number of hydrogen-bond acceptors (Lipinski definition) is 2. The molecule has 0 aliphatic rings. The first-order valence-corrected chi connectivity index (χ1v) is 3.69. The molecule has 1 aromatic rings. The van der Waals surface area contributed by atoms with E-state index < -0.39 is 0 Å². The van der Waals surface area contributed by atoms with Gasteiger partial charge in [0.15, 0.2) is 5.96 Å². The van der Waals surface area contributed by atoms with Crippen molar-refractivity contribution in [2.24, 2.45) is 16.5 Å². The molecule has 0 bridgehead atoms. The molecule has 0 saturated heterocycles. The van der Waals surface area contributed by atoms with Gasteiger partial charge in [0.1, 0.15) is 0 Å². The zero-order valence-corrected chi connectivity index (χ0v) is 6.94. The van der Waals surface area contributed by atoms with Crippen LogP contribution in [-0.2, 0) is 0 Å². The highest BCUT2D eigenvalue weighted by Crippen LogP contribution is 2.13. The van der Waals surface area contributed by atoms with Gasteiger partial charge in [-0.2, -0.15) is 0 Å². The third-order valence-corrected chi connectivity index (χ3v) is 1.51. The van der Waals surface area contributed by atoms with Crippen LogP contribution in [0.1, 0.15) is 18.5 Å². The van der Waals surface area contributed by atoms with Crippen LogP contribution in [0.15, 0.2) is 29.5 Å². The molecular weight excluding hydrogens is 152 g/mol. The molecule has 0 aliphatic heterocycles. The van der Waals surface area contributed by atoms with Crippen LogP contribution in [0.2, 0.25) is 0 Å². The van der Waals surface area contributed by atoms with Gasteiger partial charge in [-0.3, -0.25) is 4.98 Å². The van der Waals surface area contributed by atoms with E-state index in [2.05, 4.69) is 9.98 Å². The Labute approximate surface area is 71.3 Å². The SMILES string of the molecule is C[C@H](N=C(N)N)c1cccnc1. The fourth-order valence-corrected chi connectivity index (χ4v) is 0.921. The molecule has 1 atom stereocenters. The number of nitrogens with zero attached hydrogens (tertiary/aromatic N) is 2. The average molecular weight is 164 g/mol. The summed E-state index contributed by atoms with van der Waals surface area (Å²) < 4.78 is 0. The Hall–Kier alpha value is -1.58. The zero-order chi connectivity index (χ0) is 8.97. The monoisotopic (exact) mass is 164 g/mol. The average Bonchev–Trinajstić information content (AvgIpc) is 2.05. The van der Waals surface area contributed by atoms with Crippen LogP contribution in [0.3, 0.4) is 0 Å². The molecule has 0 fully saturated rings. The van der Waals surface area contributed by atoms with Crippen molar-refractivity contribution in [2.45, 2.75) is 13.0 Å². The van der Waals surface area contributed by atoms with Gasteiger partial charge in [0, 0.05) is 12.4 Å². The van der Waals surface area contributed by atoms with Gasteiger partial charge < -0.3 is 11.5 Å². The van der Waals surface area contributed by atoms with Gasteiger partial charge in [0.2, 0.25) is 0 Å². The second-order valence-corrected chi connectivity index (χ2v) is 2.52. The van der Waals surface area contributed by atoms with Gasteiger partial charge in [0.05, 0.1) is 6.04 Å². The van der Waals surface area contributed by atoms with Gasteiger partial charge >= 0.3 is 0 Å². The van der Waals surface area contributed by atoms with Gasteiger partial charge in [-0.25, -0.2) is 4.99 Å². The van der Waals surface area contributed by atoms with Crippen LogP contribution in [0.25, 0.3) is 0 Å². The summed E-state index contributed by atoms with van der Waals surface area (Å²) >= 11 is 0. The molecule has 0 aliphatic carbocycles. The Morgan fingerprint density at radius 3 is 2.83 bits per heavy atom. The molecule has 4 nitrogen and oxygen atoms in total. The lowest BCUT2D eigenvalue weighted by Gasteiger charge is -2.05. The van der Waals surface area contributed by atoms with Gasteiger partial charge in [-0.05, 0) is 18.6 Å². The van der Waals surface area contributed by atoms with Crippen molar-refractivity contribution in [2.75, 3.05) is 0 Å². The van der Waals surface area contributed by atoms with Crippen molar-refractivity contribution in [3.05, 3.63) is 30.1 Å². The van der Waals surface area contributed by atoms with Crippen LogP contribution >= 0.6 is 0 Å². The minimum atomic E-state index is -0.0244. The first-order chi connectivity index (χ1) is 5.70. The van der Waals surface area contributed by atoms with E-state index in [0.29, 0.717) is 0 Å². The number of aromatic nitrogens is 1. The van der Waals surface area contributed by atoms with Gasteiger partial charge in [-0.1, -0.05) is 6.07 Å². The molecule has 0 aromatic carbocycles. The summed E-state index contributed by atoms with van der Waals surface area (Å²) in [5, 5.41) is 0. The third kappa shape index (κ3) is 2.23. The van der Waals surface area contributed by atoms with E-state index in [1.165, 1.54) is 0 Å². The van der Waals surface area contributed by atoms with E-state index >= 15 is 0 Å². The topological polar surface area (TPSA) is 77.3 Å². The summed E-state index contributed by atoms with van der Waals surface area (Å²) in [4.78, 5) is 7.94. The number of rotatable bonds is 2.